The van der Waals surface area contributed by atoms with Gasteiger partial charge in [-0.1, -0.05) is 23.9 Å². The van der Waals surface area contributed by atoms with Crippen LogP contribution in [0.2, 0.25) is 0 Å². The molecule has 1 amide bonds. The van der Waals surface area contributed by atoms with Crippen LogP contribution in [0.3, 0.4) is 0 Å². The lowest BCUT2D eigenvalue weighted by molar-refractivity contribution is -0.151. The first-order valence-electron chi connectivity index (χ1n) is 7.21. The second-order valence-electron chi connectivity index (χ2n) is 5.04. The summed E-state index contributed by atoms with van der Waals surface area (Å²) in [5.41, 5.74) is 0.463. The fourth-order valence-corrected chi connectivity index (χ4v) is 2.68. The third-order valence-corrected chi connectivity index (χ3v) is 4.03. The Morgan fingerprint density at radius 3 is 2.61 bits per heavy atom. The molecule has 0 aliphatic heterocycles. The standard InChI is InChI=1S/C16H17F2NO3S/c17-16(18)23-13-8-6-12(7-9-13)19-14(20)10-22-15(21)11-4-2-1-3-5-11/h1-2,6-9,11,16H,3-5,10H2,(H,19,20)/t11-/m1/s1. The highest BCUT2D eigenvalue weighted by atomic mass is 32.2. The van der Waals surface area contributed by atoms with Gasteiger partial charge in [0.05, 0.1) is 5.92 Å². The van der Waals surface area contributed by atoms with E-state index in [-0.39, 0.29) is 18.5 Å². The predicted octanol–water partition coefficient (Wildman–Crippen LogP) is 3.84. The number of amides is 1. The lowest BCUT2D eigenvalue weighted by Gasteiger charge is -2.16. The Kier molecular flexibility index (Phi) is 6.58. The van der Waals surface area contributed by atoms with Crippen LogP contribution in [0.4, 0.5) is 14.5 Å². The zero-order chi connectivity index (χ0) is 16.7. The third kappa shape index (κ3) is 6.02. The lowest BCUT2D eigenvalue weighted by atomic mass is 9.95. The number of benzene rings is 1. The van der Waals surface area contributed by atoms with E-state index in [1.165, 1.54) is 24.3 Å². The van der Waals surface area contributed by atoms with Gasteiger partial charge >= 0.3 is 5.97 Å². The minimum atomic E-state index is -2.48. The SMILES string of the molecule is O=C(COC(=O)[C@@H]1CC=CCC1)Nc1ccc(SC(F)F)cc1. The quantitative estimate of drug-likeness (QED) is 0.485. The molecule has 0 saturated heterocycles. The number of hydrogen-bond acceptors (Lipinski definition) is 4. The second-order valence-corrected chi connectivity index (χ2v) is 6.10. The van der Waals surface area contributed by atoms with E-state index in [0.717, 1.165) is 12.8 Å². The highest BCUT2D eigenvalue weighted by molar-refractivity contribution is 7.99. The van der Waals surface area contributed by atoms with Crippen LogP contribution in [0.5, 0.6) is 0 Å². The minimum absolute atomic E-state index is 0.182. The van der Waals surface area contributed by atoms with Crippen molar-refractivity contribution in [2.24, 2.45) is 5.92 Å². The van der Waals surface area contributed by atoms with Gasteiger partial charge in [-0.2, -0.15) is 8.78 Å². The molecule has 0 bridgehead atoms. The highest BCUT2D eigenvalue weighted by Gasteiger charge is 2.20. The topological polar surface area (TPSA) is 55.4 Å². The predicted molar refractivity (Wildman–Crippen MR) is 84.4 cm³/mol. The number of ether oxygens (including phenoxy) is 1. The number of thioether (sulfide) groups is 1. The monoisotopic (exact) mass is 341 g/mol. The van der Waals surface area contributed by atoms with E-state index >= 15 is 0 Å². The summed E-state index contributed by atoms with van der Waals surface area (Å²) in [6.07, 6.45) is 6.18. The average Bonchev–Trinajstić information content (AvgIpc) is 2.55. The summed E-state index contributed by atoms with van der Waals surface area (Å²) in [5, 5.41) is 2.55. The van der Waals surface area contributed by atoms with Crippen LogP contribution in [0.15, 0.2) is 41.3 Å². The van der Waals surface area contributed by atoms with Crippen LogP contribution in [0, 0.1) is 5.92 Å². The first-order valence-corrected chi connectivity index (χ1v) is 8.09. The molecule has 2 rings (SSSR count). The Labute approximate surface area is 137 Å². The number of carbonyl (C=O) groups excluding carboxylic acids is 2. The van der Waals surface area contributed by atoms with Crippen LogP contribution in [-0.4, -0.2) is 24.2 Å². The molecule has 0 radical (unpaired) electrons. The van der Waals surface area contributed by atoms with Crippen molar-refractivity contribution >= 4 is 29.3 Å². The van der Waals surface area contributed by atoms with E-state index < -0.39 is 11.7 Å². The summed E-state index contributed by atoms with van der Waals surface area (Å²) in [7, 11) is 0. The minimum Gasteiger partial charge on any atom is -0.455 e. The summed E-state index contributed by atoms with van der Waals surface area (Å²) in [4.78, 5) is 23.9. The first-order chi connectivity index (χ1) is 11.0. The van der Waals surface area contributed by atoms with Gasteiger partial charge in [0, 0.05) is 10.6 Å². The maximum absolute atomic E-state index is 12.2. The number of anilines is 1. The molecule has 0 unspecified atom stereocenters. The lowest BCUT2D eigenvalue weighted by Crippen LogP contribution is -2.25. The van der Waals surface area contributed by atoms with E-state index in [1.54, 1.807) is 0 Å². The molecule has 1 atom stereocenters. The average molecular weight is 341 g/mol. The number of halogens is 2. The van der Waals surface area contributed by atoms with Gasteiger partial charge in [0.25, 0.3) is 11.7 Å². The van der Waals surface area contributed by atoms with E-state index in [0.29, 0.717) is 28.8 Å². The molecule has 23 heavy (non-hydrogen) atoms. The maximum Gasteiger partial charge on any atom is 0.309 e. The van der Waals surface area contributed by atoms with Crippen molar-refractivity contribution in [3.63, 3.8) is 0 Å². The summed E-state index contributed by atoms with van der Waals surface area (Å²) >= 11 is 0.435. The van der Waals surface area contributed by atoms with Crippen molar-refractivity contribution in [1.29, 1.82) is 0 Å². The highest BCUT2D eigenvalue weighted by Crippen LogP contribution is 2.26. The van der Waals surface area contributed by atoms with Crippen molar-refractivity contribution in [2.75, 3.05) is 11.9 Å². The Balaban J connectivity index is 1.75. The van der Waals surface area contributed by atoms with Crippen LogP contribution in [-0.2, 0) is 14.3 Å². The number of esters is 1. The molecule has 1 aliphatic rings. The third-order valence-electron chi connectivity index (χ3n) is 3.31. The van der Waals surface area contributed by atoms with Crippen molar-refractivity contribution in [2.45, 2.75) is 29.9 Å². The smallest absolute Gasteiger partial charge is 0.309 e. The second kappa shape index (κ2) is 8.67. The molecule has 1 aromatic carbocycles. The van der Waals surface area contributed by atoms with Gasteiger partial charge in [0.15, 0.2) is 6.61 Å². The van der Waals surface area contributed by atoms with Gasteiger partial charge < -0.3 is 10.1 Å². The molecule has 4 nitrogen and oxygen atoms in total. The van der Waals surface area contributed by atoms with Crippen LogP contribution in [0.25, 0.3) is 0 Å². The Bertz CT molecular complexity index is 575. The van der Waals surface area contributed by atoms with E-state index in [4.69, 9.17) is 4.74 Å². The zero-order valence-corrected chi connectivity index (χ0v) is 13.2. The number of allylic oxidation sites excluding steroid dienone is 2. The zero-order valence-electron chi connectivity index (χ0n) is 12.3. The number of rotatable bonds is 6. The van der Waals surface area contributed by atoms with Crippen LogP contribution >= 0.6 is 11.8 Å². The summed E-state index contributed by atoms with van der Waals surface area (Å²) in [5.74, 6) is -3.49. The number of alkyl halides is 2. The summed E-state index contributed by atoms with van der Waals surface area (Å²) < 4.78 is 29.4. The number of nitrogens with one attached hydrogen (secondary N) is 1. The number of hydrogen-bond donors (Lipinski definition) is 1. The molecule has 7 heteroatoms. The molecular formula is C16H17F2NO3S. The molecule has 0 aromatic heterocycles. The van der Waals surface area contributed by atoms with Gasteiger partial charge in [0.1, 0.15) is 0 Å². The van der Waals surface area contributed by atoms with Crippen molar-refractivity contribution in [1.82, 2.24) is 0 Å². The van der Waals surface area contributed by atoms with E-state index in [2.05, 4.69) is 5.32 Å². The van der Waals surface area contributed by atoms with Gasteiger partial charge in [-0.15, -0.1) is 0 Å². The van der Waals surface area contributed by atoms with Crippen LogP contribution < -0.4 is 5.32 Å². The van der Waals surface area contributed by atoms with Gasteiger partial charge in [-0.3, -0.25) is 9.59 Å². The Morgan fingerprint density at radius 1 is 1.26 bits per heavy atom. The fourth-order valence-electron chi connectivity index (χ4n) is 2.18. The van der Waals surface area contributed by atoms with Crippen molar-refractivity contribution in [3.8, 4) is 0 Å². The largest absolute Gasteiger partial charge is 0.455 e. The Hall–Kier alpha value is -1.89. The normalized spacial score (nSPS) is 17.1. The van der Waals surface area contributed by atoms with Crippen molar-refractivity contribution in [3.05, 3.63) is 36.4 Å². The van der Waals surface area contributed by atoms with Gasteiger partial charge in [-0.25, -0.2) is 0 Å². The van der Waals surface area contributed by atoms with Gasteiger partial charge in [-0.05, 0) is 43.5 Å². The molecule has 1 aromatic rings. The molecule has 0 heterocycles. The molecule has 124 valence electrons. The molecule has 1 N–H and O–H groups in total. The molecule has 0 fully saturated rings. The molecular weight excluding hydrogens is 324 g/mol. The molecule has 0 spiro atoms. The summed E-state index contributed by atoms with van der Waals surface area (Å²) in [6.45, 7) is -0.355. The maximum atomic E-state index is 12.2. The van der Waals surface area contributed by atoms with E-state index in [1.807, 2.05) is 12.2 Å². The molecule has 0 saturated carbocycles. The summed E-state index contributed by atoms with van der Waals surface area (Å²) in [6, 6.07) is 6.03. The van der Waals surface area contributed by atoms with Crippen LogP contribution in [0.1, 0.15) is 19.3 Å². The fraction of sp³-hybridized carbons (Fsp3) is 0.375. The van der Waals surface area contributed by atoms with Gasteiger partial charge in [0.2, 0.25) is 0 Å². The van der Waals surface area contributed by atoms with Crippen molar-refractivity contribution < 1.29 is 23.1 Å². The van der Waals surface area contributed by atoms with E-state index in [9.17, 15) is 18.4 Å². The molecule has 1 aliphatic carbocycles. The number of carbonyl (C=O) groups is 2. The Morgan fingerprint density at radius 2 is 2.00 bits per heavy atom. The first kappa shape index (κ1) is 17.5.